The van der Waals surface area contributed by atoms with Gasteiger partial charge in [-0.25, -0.2) is 4.98 Å². The van der Waals surface area contributed by atoms with E-state index in [0.717, 1.165) is 29.9 Å². The molecule has 0 radical (unpaired) electrons. The summed E-state index contributed by atoms with van der Waals surface area (Å²) in [5, 5.41) is 12.6. The number of nitrogens with zero attached hydrogens (tertiary/aromatic N) is 2. The third-order valence-corrected chi connectivity index (χ3v) is 3.24. The van der Waals surface area contributed by atoms with Gasteiger partial charge >= 0.3 is 0 Å². The number of rotatable bonds is 5. The van der Waals surface area contributed by atoms with Gasteiger partial charge in [-0.2, -0.15) is 5.26 Å². The Hall–Kier alpha value is -2.28. The van der Waals surface area contributed by atoms with Crippen LogP contribution in [-0.2, 0) is 6.42 Å². The van der Waals surface area contributed by atoms with Crippen molar-refractivity contribution in [2.24, 2.45) is 0 Å². The van der Waals surface area contributed by atoms with E-state index in [0.29, 0.717) is 11.4 Å². The fourth-order valence-corrected chi connectivity index (χ4v) is 2.20. The minimum absolute atomic E-state index is 0.223. The summed E-state index contributed by atoms with van der Waals surface area (Å²) in [5.74, 6) is 1.66. The molecule has 0 saturated heterocycles. The highest BCUT2D eigenvalue weighted by molar-refractivity contribution is 5.56. The lowest BCUT2D eigenvalue weighted by atomic mass is 10.1. The molecule has 0 aliphatic heterocycles. The maximum absolute atomic E-state index is 9.24. The molecule has 1 N–H and O–H groups in total. The summed E-state index contributed by atoms with van der Waals surface area (Å²) in [5.41, 5.74) is 2.50. The molecule has 0 saturated carbocycles. The summed E-state index contributed by atoms with van der Waals surface area (Å²) in [6, 6.07) is 8.24. The highest BCUT2D eigenvalue weighted by Gasteiger charge is 2.11. The molecule has 104 valence electrons. The monoisotopic (exact) mass is 269 g/mol. The first-order chi connectivity index (χ1) is 9.60. The molecule has 0 spiro atoms. The Morgan fingerprint density at radius 2 is 2.25 bits per heavy atom. The maximum Gasteiger partial charge on any atom is 0.144 e. The van der Waals surface area contributed by atoms with E-state index in [9.17, 15) is 5.26 Å². The molecule has 1 atom stereocenters. The van der Waals surface area contributed by atoms with E-state index in [1.54, 1.807) is 6.26 Å². The first-order valence-electron chi connectivity index (χ1n) is 6.77. The molecule has 0 aromatic carbocycles. The second kappa shape index (κ2) is 6.25. The minimum Gasteiger partial charge on any atom is -0.469 e. The lowest BCUT2D eigenvalue weighted by Gasteiger charge is -2.16. The van der Waals surface area contributed by atoms with Gasteiger partial charge in [0.15, 0.2) is 0 Å². The van der Waals surface area contributed by atoms with Gasteiger partial charge in [0.1, 0.15) is 17.6 Å². The molecule has 0 amide bonds. The first kappa shape index (κ1) is 14.1. The Balaban J connectivity index is 2.04. The number of furan rings is 1. The van der Waals surface area contributed by atoms with Crippen LogP contribution in [0.2, 0.25) is 0 Å². The number of hydrogen-bond donors (Lipinski definition) is 1. The topological polar surface area (TPSA) is 61.9 Å². The number of aryl methyl sites for hydroxylation is 3. The van der Waals surface area contributed by atoms with Crippen molar-refractivity contribution in [2.45, 2.75) is 39.7 Å². The summed E-state index contributed by atoms with van der Waals surface area (Å²) in [4.78, 5) is 4.43. The second-order valence-corrected chi connectivity index (χ2v) is 5.08. The molecule has 1 unspecified atom stereocenters. The van der Waals surface area contributed by atoms with E-state index >= 15 is 0 Å². The minimum atomic E-state index is 0.223. The molecule has 2 heterocycles. The van der Waals surface area contributed by atoms with E-state index < -0.39 is 0 Å². The largest absolute Gasteiger partial charge is 0.469 e. The van der Waals surface area contributed by atoms with Gasteiger partial charge in [0.2, 0.25) is 0 Å². The fourth-order valence-electron chi connectivity index (χ4n) is 2.20. The molecule has 2 rings (SSSR count). The van der Waals surface area contributed by atoms with Crippen LogP contribution in [0.3, 0.4) is 0 Å². The van der Waals surface area contributed by atoms with Gasteiger partial charge < -0.3 is 9.73 Å². The number of hydrogen-bond acceptors (Lipinski definition) is 4. The fraction of sp³-hybridized carbons (Fsp3) is 0.375. The van der Waals surface area contributed by atoms with E-state index in [-0.39, 0.29) is 6.04 Å². The Kier molecular flexibility index (Phi) is 4.41. The smallest absolute Gasteiger partial charge is 0.144 e. The molecule has 0 fully saturated rings. The van der Waals surface area contributed by atoms with Gasteiger partial charge in [-0.1, -0.05) is 0 Å². The quantitative estimate of drug-likeness (QED) is 0.901. The van der Waals surface area contributed by atoms with E-state index in [2.05, 4.69) is 23.3 Å². The number of pyridine rings is 1. The molecule has 0 bridgehead atoms. The molecule has 0 aliphatic rings. The summed E-state index contributed by atoms with van der Waals surface area (Å²) < 4.78 is 5.32. The Morgan fingerprint density at radius 1 is 1.45 bits per heavy atom. The zero-order chi connectivity index (χ0) is 14.5. The van der Waals surface area contributed by atoms with Crippen LogP contribution >= 0.6 is 0 Å². The average Bonchev–Trinajstić information content (AvgIpc) is 2.89. The van der Waals surface area contributed by atoms with Gasteiger partial charge in [-0.05, 0) is 51.0 Å². The number of aromatic nitrogens is 1. The number of anilines is 1. The van der Waals surface area contributed by atoms with Crippen LogP contribution in [0.4, 0.5) is 5.82 Å². The molecule has 0 aliphatic carbocycles. The third-order valence-electron chi connectivity index (χ3n) is 3.24. The van der Waals surface area contributed by atoms with E-state index in [1.807, 2.05) is 32.0 Å². The Morgan fingerprint density at radius 3 is 2.90 bits per heavy atom. The van der Waals surface area contributed by atoms with Crippen molar-refractivity contribution in [2.75, 3.05) is 5.32 Å². The molecule has 4 heteroatoms. The average molecular weight is 269 g/mol. The van der Waals surface area contributed by atoms with Crippen LogP contribution in [0.1, 0.15) is 35.9 Å². The molecule has 2 aromatic rings. The van der Waals surface area contributed by atoms with Crippen molar-refractivity contribution < 1.29 is 4.42 Å². The summed E-state index contributed by atoms with van der Waals surface area (Å²) in [6.45, 7) is 5.96. The van der Waals surface area contributed by atoms with Gasteiger partial charge in [0.25, 0.3) is 0 Å². The van der Waals surface area contributed by atoms with Gasteiger partial charge in [0.05, 0.1) is 11.8 Å². The van der Waals surface area contributed by atoms with Crippen molar-refractivity contribution in [1.29, 1.82) is 5.26 Å². The van der Waals surface area contributed by atoms with Crippen LogP contribution in [0.15, 0.2) is 28.9 Å². The summed E-state index contributed by atoms with van der Waals surface area (Å²) >= 11 is 0. The molecule has 4 nitrogen and oxygen atoms in total. The second-order valence-electron chi connectivity index (χ2n) is 5.08. The predicted molar refractivity (Wildman–Crippen MR) is 78.5 cm³/mol. The highest BCUT2D eigenvalue weighted by atomic mass is 16.3. The molecule has 2 aromatic heterocycles. The molecular weight excluding hydrogens is 250 g/mol. The van der Waals surface area contributed by atoms with Crippen molar-refractivity contribution in [3.63, 3.8) is 0 Å². The lowest BCUT2D eigenvalue weighted by Crippen LogP contribution is -2.18. The van der Waals surface area contributed by atoms with Crippen molar-refractivity contribution >= 4 is 5.82 Å². The van der Waals surface area contributed by atoms with Gasteiger partial charge in [-0.3, -0.25) is 0 Å². The third kappa shape index (κ3) is 3.39. The van der Waals surface area contributed by atoms with Crippen molar-refractivity contribution in [3.8, 4) is 6.07 Å². The van der Waals surface area contributed by atoms with Gasteiger partial charge in [0, 0.05) is 18.2 Å². The highest BCUT2D eigenvalue weighted by Crippen LogP contribution is 2.19. The van der Waals surface area contributed by atoms with Crippen LogP contribution in [-0.4, -0.2) is 11.0 Å². The van der Waals surface area contributed by atoms with Crippen LogP contribution in [0.5, 0.6) is 0 Å². The van der Waals surface area contributed by atoms with Crippen LogP contribution in [0, 0.1) is 25.2 Å². The van der Waals surface area contributed by atoms with E-state index in [4.69, 9.17) is 4.42 Å². The summed E-state index contributed by atoms with van der Waals surface area (Å²) in [6.07, 6.45) is 3.48. The van der Waals surface area contributed by atoms with Crippen LogP contribution in [0.25, 0.3) is 0 Å². The van der Waals surface area contributed by atoms with E-state index in [1.165, 1.54) is 0 Å². The van der Waals surface area contributed by atoms with Crippen molar-refractivity contribution in [1.82, 2.24) is 4.98 Å². The van der Waals surface area contributed by atoms with Crippen LogP contribution < -0.4 is 5.32 Å². The lowest BCUT2D eigenvalue weighted by molar-refractivity contribution is 0.495. The predicted octanol–water partition coefficient (Wildman–Crippen LogP) is 3.60. The zero-order valence-corrected chi connectivity index (χ0v) is 12.1. The molecule has 20 heavy (non-hydrogen) atoms. The number of nitrogens with one attached hydrogen (secondary N) is 1. The van der Waals surface area contributed by atoms with Crippen molar-refractivity contribution in [3.05, 3.63) is 47.0 Å². The Bertz CT molecular complexity index is 611. The Labute approximate surface area is 119 Å². The first-order valence-corrected chi connectivity index (χ1v) is 6.77. The maximum atomic E-state index is 9.24. The number of nitriles is 1. The normalized spacial score (nSPS) is 11.9. The standard InChI is InChI=1S/C16H19N3O/c1-11-9-13(3)19-16(15(11)10-17)18-12(2)6-7-14-5-4-8-20-14/h4-5,8-9,12H,6-7H2,1-3H3,(H,18,19). The molecular formula is C16H19N3O. The SMILES string of the molecule is Cc1cc(C)c(C#N)c(NC(C)CCc2ccco2)n1. The van der Waals surface area contributed by atoms with Gasteiger partial charge in [-0.15, -0.1) is 0 Å². The zero-order valence-electron chi connectivity index (χ0n) is 12.1. The summed E-state index contributed by atoms with van der Waals surface area (Å²) in [7, 11) is 0.